The topological polar surface area (TPSA) is 144 Å². The molecule has 1 aromatic heterocycles. The molecule has 5 N–H and O–H groups in total. The number of aliphatic carboxylic acids is 1. The molecule has 0 aliphatic carbocycles. The lowest BCUT2D eigenvalue weighted by Crippen LogP contribution is -2.49. The quantitative estimate of drug-likeness (QED) is 0.459. The van der Waals surface area contributed by atoms with E-state index in [1.165, 1.54) is 11.3 Å². The first kappa shape index (κ1) is 26.2. The Morgan fingerprint density at radius 1 is 1.13 bits per heavy atom. The van der Waals surface area contributed by atoms with Crippen LogP contribution in [0.2, 0.25) is 0 Å². The lowest BCUT2D eigenvalue weighted by molar-refractivity contribution is -0.147. The van der Waals surface area contributed by atoms with Crippen LogP contribution in [0, 0.1) is 5.92 Å². The number of carbonyl (C=O) groups excluding carboxylic acids is 2. The van der Waals surface area contributed by atoms with Crippen LogP contribution in [0.1, 0.15) is 33.3 Å². The molecule has 0 fully saturated rings. The van der Waals surface area contributed by atoms with E-state index in [0.717, 1.165) is 5.56 Å². The molecule has 0 bridgehead atoms. The number of amides is 2. The van der Waals surface area contributed by atoms with Gasteiger partial charge in [0.15, 0.2) is 6.04 Å². The van der Waals surface area contributed by atoms with Crippen molar-refractivity contribution < 1.29 is 24.2 Å². The second-order valence-corrected chi connectivity index (χ2v) is 7.85. The minimum absolute atomic E-state index is 0.212. The monoisotopic (exact) mass is 450 g/mol. The third-order valence-electron chi connectivity index (χ3n) is 4.01. The molecule has 2 rings (SSSR count). The van der Waals surface area contributed by atoms with Gasteiger partial charge in [0.25, 0.3) is 0 Å². The summed E-state index contributed by atoms with van der Waals surface area (Å²) in [6, 6.07) is 7.93. The van der Waals surface area contributed by atoms with Gasteiger partial charge in [0.2, 0.25) is 11.8 Å². The van der Waals surface area contributed by atoms with Crippen LogP contribution in [0.15, 0.2) is 41.2 Å². The zero-order valence-corrected chi connectivity index (χ0v) is 18.9. The molecule has 170 valence electrons. The molecule has 1 aromatic carbocycles. The van der Waals surface area contributed by atoms with Crippen molar-refractivity contribution in [3.8, 4) is 0 Å². The summed E-state index contributed by atoms with van der Waals surface area (Å²) >= 11 is 1.43. The summed E-state index contributed by atoms with van der Waals surface area (Å²) < 4.78 is 5.54. The Bertz CT molecular complexity index is 812. The number of nitrogens with zero attached hydrogens (tertiary/aromatic N) is 1. The normalized spacial score (nSPS) is 13.4. The van der Waals surface area contributed by atoms with Crippen molar-refractivity contribution in [2.24, 2.45) is 11.7 Å². The average Bonchev–Trinajstić information content (AvgIpc) is 3.24. The molecule has 0 unspecified atom stereocenters. The van der Waals surface area contributed by atoms with Crippen LogP contribution < -0.4 is 16.4 Å². The number of nitrogens with two attached hydrogens (primary N) is 1. The van der Waals surface area contributed by atoms with Crippen molar-refractivity contribution in [1.82, 2.24) is 10.3 Å². The Balaban J connectivity index is 0.000000367. The van der Waals surface area contributed by atoms with Crippen LogP contribution in [-0.4, -0.2) is 46.1 Å². The van der Waals surface area contributed by atoms with Crippen molar-refractivity contribution in [1.29, 1.82) is 0 Å². The number of carbonyl (C=O) groups is 3. The second-order valence-electron chi connectivity index (χ2n) is 7.13. The number of aromatic nitrogens is 1. The third kappa shape index (κ3) is 10.2. The standard InChI is InChI=1S/C15H21NO4.C6H9N3OS/c1-10(2)14(17)16-13(15(18)19)11(3)20-9-12-7-5-4-6-8-12;1-4(7)6(10)9-5-2-11-3-8-5/h4-8,10-11,13H,9H2,1-3H3,(H,16,17)(H,18,19);2-4H,7H2,1H3,(H,9,10)/t11-,13+;4-/m10/s1. The maximum atomic E-state index is 11.6. The van der Waals surface area contributed by atoms with Crippen LogP contribution in [0.5, 0.6) is 0 Å². The Morgan fingerprint density at radius 2 is 1.77 bits per heavy atom. The van der Waals surface area contributed by atoms with Crippen LogP contribution >= 0.6 is 11.3 Å². The number of carboxylic acid groups (broad SMARTS) is 1. The Hall–Kier alpha value is -2.82. The van der Waals surface area contributed by atoms with E-state index in [9.17, 15) is 19.5 Å². The molecule has 0 aliphatic rings. The lowest BCUT2D eigenvalue weighted by Gasteiger charge is -2.22. The zero-order valence-electron chi connectivity index (χ0n) is 18.1. The third-order valence-corrected chi connectivity index (χ3v) is 4.60. The molecule has 2 amide bonds. The van der Waals surface area contributed by atoms with E-state index in [2.05, 4.69) is 15.6 Å². The Kier molecular flexibility index (Phi) is 11.4. The molecule has 0 radical (unpaired) electrons. The van der Waals surface area contributed by atoms with E-state index in [4.69, 9.17) is 10.5 Å². The number of hydrogen-bond donors (Lipinski definition) is 4. The van der Waals surface area contributed by atoms with Crippen molar-refractivity contribution in [2.75, 3.05) is 5.32 Å². The molecule has 0 spiro atoms. The fraction of sp³-hybridized carbons (Fsp3) is 0.429. The van der Waals surface area contributed by atoms with Gasteiger partial charge < -0.3 is 26.2 Å². The number of benzene rings is 1. The van der Waals surface area contributed by atoms with Gasteiger partial charge in [-0.05, 0) is 19.4 Å². The SMILES string of the molecule is CC(C)C(=O)N[C@H](C(=O)O)[C@@H](C)OCc1ccccc1.C[C@H](N)C(=O)Nc1cscn1. The maximum absolute atomic E-state index is 11.6. The summed E-state index contributed by atoms with van der Waals surface area (Å²) in [5.74, 6) is -1.31. The fourth-order valence-electron chi connectivity index (χ4n) is 2.11. The smallest absolute Gasteiger partial charge is 0.328 e. The highest BCUT2D eigenvalue weighted by Gasteiger charge is 2.28. The molecule has 0 saturated heterocycles. The first-order valence-electron chi connectivity index (χ1n) is 9.75. The van der Waals surface area contributed by atoms with Gasteiger partial charge in [0.05, 0.1) is 24.3 Å². The van der Waals surface area contributed by atoms with E-state index in [-0.39, 0.29) is 17.7 Å². The summed E-state index contributed by atoms with van der Waals surface area (Å²) in [6.45, 7) is 7.00. The number of anilines is 1. The van der Waals surface area contributed by atoms with Gasteiger partial charge in [-0.2, -0.15) is 0 Å². The highest BCUT2D eigenvalue weighted by Crippen LogP contribution is 2.08. The van der Waals surface area contributed by atoms with Gasteiger partial charge >= 0.3 is 5.97 Å². The Labute approximate surface area is 186 Å². The molecule has 3 atom stereocenters. The highest BCUT2D eigenvalue weighted by atomic mass is 32.1. The number of nitrogens with one attached hydrogen (secondary N) is 2. The summed E-state index contributed by atoms with van der Waals surface area (Å²) in [7, 11) is 0. The van der Waals surface area contributed by atoms with Crippen LogP contribution in [-0.2, 0) is 25.7 Å². The molecular weight excluding hydrogens is 420 g/mol. The van der Waals surface area contributed by atoms with Gasteiger partial charge in [-0.3, -0.25) is 9.59 Å². The molecule has 0 saturated carbocycles. The molecule has 10 heteroatoms. The summed E-state index contributed by atoms with van der Waals surface area (Å²) in [4.78, 5) is 37.6. The van der Waals surface area contributed by atoms with Gasteiger partial charge in [-0.15, -0.1) is 11.3 Å². The molecule has 31 heavy (non-hydrogen) atoms. The predicted molar refractivity (Wildman–Crippen MR) is 119 cm³/mol. The van der Waals surface area contributed by atoms with Crippen molar-refractivity contribution >= 4 is 34.9 Å². The molecule has 9 nitrogen and oxygen atoms in total. The van der Waals surface area contributed by atoms with E-state index in [1.54, 1.807) is 38.6 Å². The first-order chi connectivity index (χ1) is 14.6. The minimum Gasteiger partial charge on any atom is -0.480 e. The molecule has 1 heterocycles. The van der Waals surface area contributed by atoms with Crippen LogP contribution in [0.3, 0.4) is 0 Å². The first-order valence-corrected chi connectivity index (χ1v) is 10.7. The number of rotatable bonds is 9. The minimum atomic E-state index is -1.10. The van der Waals surface area contributed by atoms with E-state index < -0.39 is 24.2 Å². The van der Waals surface area contributed by atoms with Crippen LogP contribution in [0.25, 0.3) is 0 Å². The van der Waals surface area contributed by atoms with Gasteiger partial charge in [0, 0.05) is 11.3 Å². The molecule has 2 aromatic rings. The van der Waals surface area contributed by atoms with E-state index in [1.807, 2.05) is 30.3 Å². The Morgan fingerprint density at radius 3 is 2.26 bits per heavy atom. The number of thiazole rings is 1. The molecule has 0 aliphatic heterocycles. The van der Waals surface area contributed by atoms with Gasteiger partial charge in [0.1, 0.15) is 5.82 Å². The number of ether oxygens (including phenoxy) is 1. The summed E-state index contributed by atoms with van der Waals surface area (Å²) in [5, 5.41) is 16.0. The fourth-order valence-corrected chi connectivity index (χ4v) is 2.60. The van der Waals surface area contributed by atoms with Gasteiger partial charge in [-0.25, -0.2) is 9.78 Å². The van der Waals surface area contributed by atoms with Gasteiger partial charge in [-0.1, -0.05) is 44.2 Å². The lowest BCUT2D eigenvalue weighted by atomic mass is 10.1. The van der Waals surface area contributed by atoms with Crippen molar-refractivity contribution in [3.63, 3.8) is 0 Å². The van der Waals surface area contributed by atoms with Crippen molar-refractivity contribution in [2.45, 2.75) is 52.5 Å². The van der Waals surface area contributed by atoms with E-state index in [0.29, 0.717) is 12.4 Å². The average molecular weight is 451 g/mol. The maximum Gasteiger partial charge on any atom is 0.328 e. The van der Waals surface area contributed by atoms with Crippen molar-refractivity contribution in [3.05, 3.63) is 46.8 Å². The molecular formula is C21H30N4O5S. The second kappa shape index (κ2) is 13.5. The number of hydrogen-bond acceptors (Lipinski definition) is 7. The zero-order chi connectivity index (χ0) is 23.4. The predicted octanol–water partition coefficient (Wildman–Crippen LogP) is 2.25. The summed E-state index contributed by atoms with van der Waals surface area (Å²) in [5.41, 5.74) is 7.92. The highest BCUT2D eigenvalue weighted by molar-refractivity contribution is 7.07. The van der Waals surface area contributed by atoms with E-state index >= 15 is 0 Å². The largest absolute Gasteiger partial charge is 0.480 e. The van der Waals surface area contributed by atoms with Crippen LogP contribution in [0.4, 0.5) is 5.82 Å². The number of carboxylic acids is 1. The summed E-state index contributed by atoms with van der Waals surface area (Å²) in [6.07, 6.45) is -0.615.